The molecule has 1 aliphatic heterocycles. The van der Waals surface area contributed by atoms with Gasteiger partial charge < -0.3 is 21.3 Å². The molecule has 0 spiro atoms. The number of hydrogen-bond donors (Lipinski definition) is 3. The Morgan fingerprint density at radius 1 is 1.27 bits per heavy atom. The van der Waals surface area contributed by atoms with E-state index >= 15 is 0 Å². The summed E-state index contributed by atoms with van der Waals surface area (Å²) in [5.74, 6) is 0.845. The first-order valence-corrected chi connectivity index (χ1v) is 10.8. The van der Waals surface area contributed by atoms with E-state index in [0.717, 1.165) is 50.4 Å². The van der Waals surface area contributed by atoms with Gasteiger partial charge in [-0.3, -0.25) is 4.79 Å². The standard InChI is InChI=1S/C22H29F3N6O.ClH/c1-3-4-6-15-12-20(31-10-5-7-17(13-31)27-14(2)32)30-21(28-15)29-16-8-9-19(26)18(11-16)22(23,24)25;/h8-9,11-12,17H,3-7,10,13,26H2,1-2H3,(H,27,32)(H,28,29,30);1H/t17-;/m1./s1. The maximum absolute atomic E-state index is 13.2. The second-order valence-electron chi connectivity index (χ2n) is 8.06. The van der Waals surface area contributed by atoms with E-state index < -0.39 is 11.7 Å². The number of unbranched alkanes of at least 4 members (excludes halogenated alkanes) is 1. The summed E-state index contributed by atoms with van der Waals surface area (Å²) in [6.07, 6.45) is -0.105. The van der Waals surface area contributed by atoms with Crippen molar-refractivity contribution in [2.24, 2.45) is 0 Å². The Bertz CT molecular complexity index is 956. The van der Waals surface area contributed by atoms with Crippen LogP contribution < -0.4 is 21.3 Å². The Balaban J connectivity index is 0.00000385. The molecule has 33 heavy (non-hydrogen) atoms. The van der Waals surface area contributed by atoms with Crippen molar-refractivity contribution in [1.82, 2.24) is 15.3 Å². The summed E-state index contributed by atoms with van der Waals surface area (Å²) in [6, 6.07) is 5.60. The average molecular weight is 487 g/mol. The second-order valence-corrected chi connectivity index (χ2v) is 8.06. The molecule has 1 saturated heterocycles. The predicted molar refractivity (Wildman–Crippen MR) is 126 cm³/mol. The molecule has 0 unspecified atom stereocenters. The molecule has 7 nitrogen and oxygen atoms in total. The van der Waals surface area contributed by atoms with Gasteiger partial charge in [0, 0.05) is 49.2 Å². The Morgan fingerprint density at radius 3 is 2.70 bits per heavy atom. The molecular formula is C22H30ClF3N6O. The minimum atomic E-state index is -4.55. The molecule has 1 amide bonds. The highest BCUT2D eigenvalue weighted by Crippen LogP contribution is 2.35. The molecule has 1 aromatic carbocycles. The molecule has 1 atom stereocenters. The zero-order valence-electron chi connectivity index (χ0n) is 18.7. The van der Waals surface area contributed by atoms with Gasteiger partial charge in [-0.2, -0.15) is 18.2 Å². The first-order chi connectivity index (χ1) is 15.2. The molecule has 3 rings (SSSR count). The van der Waals surface area contributed by atoms with Gasteiger partial charge in [0.15, 0.2) is 0 Å². The third kappa shape index (κ3) is 7.38. The van der Waals surface area contributed by atoms with Crippen molar-refractivity contribution in [3.8, 4) is 0 Å². The van der Waals surface area contributed by atoms with E-state index in [1.54, 1.807) is 0 Å². The summed E-state index contributed by atoms with van der Waals surface area (Å²) in [6.45, 7) is 4.97. The summed E-state index contributed by atoms with van der Waals surface area (Å²) in [7, 11) is 0. The fraction of sp³-hybridized carbons (Fsp3) is 0.500. The first kappa shape index (κ1) is 26.5. The van der Waals surface area contributed by atoms with Crippen LogP contribution in [-0.4, -0.2) is 35.0 Å². The smallest absolute Gasteiger partial charge is 0.398 e. The van der Waals surface area contributed by atoms with Crippen LogP contribution in [0.1, 0.15) is 50.8 Å². The molecule has 2 aromatic rings. The molecule has 0 bridgehead atoms. The van der Waals surface area contributed by atoms with Gasteiger partial charge in [0.1, 0.15) is 5.82 Å². The van der Waals surface area contributed by atoms with Gasteiger partial charge in [0.05, 0.1) is 5.56 Å². The minimum Gasteiger partial charge on any atom is -0.398 e. The molecular weight excluding hydrogens is 457 g/mol. The number of amides is 1. The van der Waals surface area contributed by atoms with Gasteiger partial charge in [0.2, 0.25) is 11.9 Å². The van der Waals surface area contributed by atoms with Crippen LogP contribution >= 0.6 is 12.4 Å². The van der Waals surface area contributed by atoms with Crippen molar-refractivity contribution in [2.45, 2.75) is 58.2 Å². The van der Waals surface area contributed by atoms with Crippen molar-refractivity contribution in [2.75, 3.05) is 29.0 Å². The number of halogens is 4. The summed E-state index contributed by atoms with van der Waals surface area (Å²) < 4.78 is 39.7. The van der Waals surface area contributed by atoms with Gasteiger partial charge >= 0.3 is 6.18 Å². The summed E-state index contributed by atoms with van der Waals surface area (Å²) >= 11 is 0. The van der Waals surface area contributed by atoms with Crippen LogP contribution in [0.4, 0.5) is 36.3 Å². The zero-order chi connectivity index (χ0) is 23.3. The number of piperidine rings is 1. The maximum Gasteiger partial charge on any atom is 0.418 e. The molecule has 0 aliphatic carbocycles. The van der Waals surface area contributed by atoms with E-state index in [4.69, 9.17) is 5.73 Å². The van der Waals surface area contributed by atoms with Crippen LogP contribution in [-0.2, 0) is 17.4 Å². The maximum atomic E-state index is 13.2. The molecule has 1 aliphatic rings. The largest absolute Gasteiger partial charge is 0.418 e. The fourth-order valence-corrected chi connectivity index (χ4v) is 3.79. The van der Waals surface area contributed by atoms with Gasteiger partial charge in [-0.15, -0.1) is 12.4 Å². The van der Waals surface area contributed by atoms with Crippen LogP contribution in [0.3, 0.4) is 0 Å². The fourth-order valence-electron chi connectivity index (χ4n) is 3.79. The van der Waals surface area contributed by atoms with Crippen LogP contribution in [0.25, 0.3) is 0 Å². The van der Waals surface area contributed by atoms with E-state index in [2.05, 4.69) is 32.4 Å². The summed E-state index contributed by atoms with van der Waals surface area (Å²) in [5.41, 5.74) is 5.28. The Labute approximate surface area is 197 Å². The minimum absolute atomic E-state index is 0. The number of rotatable bonds is 7. The number of hydrogen-bond acceptors (Lipinski definition) is 6. The van der Waals surface area contributed by atoms with E-state index in [1.165, 1.54) is 19.1 Å². The third-order valence-electron chi connectivity index (χ3n) is 5.32. The van der Waals surface area contributed by atoms with Gasteiger partial charge in [-0.1, -0.05) is 13.3 Å². The monoisotopic (exact) mass is 486 g/mol. The van der Waals surface area contributed by atoms with Crippen molar-refractivity contribution in [3.63, 3.8) is 0 Å². The van der Waals surface area contributed by atoms with Crippen LogP contribution in [0.5, 0.6) is 0 Å². The van der Waals surface area contributed by atoms with Crippen molar-refractivity contribution in [1.29, 1.82) is 0 Å². The predicted octanol–water partition coefficient (Wildman–Crippen LogP) is 4.69. The van der Waals surface area contributed by atoms with E-state index in [9.17, 15) is 18.0 Å². The lowest BCUT2D eigenvalue weighted by molar-refractivity contribution is -0.136. The quantitative estimate of drug-likeness (QED) is 0.491. The number of aromatic nitrogens is 2. The number of carbonyl (C=O) groups is 1. The van der Waals surface area contributed by atoms with Crippen LogP contribution in [0.15, 0.2) is 24.3 Å². The highest BCUT2D eigenvalue weighted by atomic mass is 35.5. The lowest BCUT2D eigenvalue weighted by Gasteiger charge is -2.34. The topological polar surface area (TPSA) is 96.2 Å². The van der Waals surface area contributed by atoms with Gasteiger partial charge in [-0.05, 0) is 43.9 Å². The molecule has 4 N–H and O–H groups in total. The van der Waals surface area contributed by atoms with Crippen LogP contribution in [0, 0.1) is 0 Å². The molecule has 182 valence electrons. The van der Waals surface area contributed by atoms with Gasteiger partial charge in [-0.25, -0.2) is 4.98 Å². The number of benzene rings is 1. The Morgan fingerprint density at radius 2 is 2.03 bits per heavy atom. The Hall–Kier alpha value is -2.75. The van der Waals surface area contributed by atoms with Crippen molar-refractivity contribution >= 4 is 41.5 Å². The number of anilines is 4. The number of nitrogens with zero attached hydrogens (tertiary/aromatic N) is 3. The highest BCUT2D eigenvalue weighted by Gasteiger charge is 2.33. The Kier molecular flexibility index (Phi) is 9.16. The van der Waals surface area contributed by atoms with E-state index in [1.807, 2.05) is 6.07 Å². The third-order valence-corrected chi connectivity index (χ3v) is 5.32. The molecule has 2 heterocycles. The van der Waals surface area contributed by atoms with Crippen molar-refractivity contribution in [3.05, 3.63) is 35.5 Å². The van der Waals surface area contributed by atoms with E-state index in [-0.39, 0.29) is 41.7 Å². The lowest BCUT2D eigenvalue weighted by Crippen LogP contribution is -2.47. The number of carbonyl (C=O) groups excluding carboxylic acids is 1. The van der Waals surface area contributed by atoms with Gasteiger partial charge in [0.25, 0.3) is 0 Å². The summed E-state index contributed by atoms with van der Waals surface area (Å²) in [4.78, 5) is 22.6. The number of alkyl halides is 3. The number of nitrogens with two attached hydrogens (primary N) is 1. The molecule has 0 radical (unpaired) electrons. The first-order valence-electron chi connectivity index (χ1n) is 10.8. The summed E-state index contributed by atoms with van der Waals surface area (Å²) in [5, 5.41) is 5.86. The lowest BCUT2D eigenvalue weighted by atomic mass is 10.1. The molecule has 11 heteroatoms. The SMILES string of the molecule is CCCCc1cc(N2CCC[C@@H](NC(C)=O)C2)nc(Nc2ccc(N)c(C(F)(F)F)c2)n1.Cl. The molecule has 0 saturated carbocycles. The zero-order valence-corrected chi connectivity index (χ0v) is 19.5. The second kappa shape index (κ2) is 11.4. The number of nitrogens with one attached hydrogen (secondary N) is 2. The van der Waals surface area contributed by atoms with E-state index in [0.29, 0.717) is 12.4 Å². The number of nitrogen functional groups attached to an aromatic ring is 1. The van der Waals surface area contributed by atoms with Crippen LogP contribution in [0.2, 0.25) is 0 Å². The normalized spacial score (nSPS) is 16.2. The average Bonchev–Trinajstić information content (AvgIpc) is 2.72. The molecule has 1 aromatic heterocycles. The number of aryl methyl sites for hydroxylation is 1. The van der Waals surface area contributed by atoms with Crippen molar-refractivity contribution < 1.29 is 18.0 Å². The molecule has 1 fully saturated rings. The highest BCUT2D eigenvalue weighted by molar-refractivity contribution is 5.85.